The van der Waals surface area contributed by atoms with Crippen LogP contribution in [0.5, 0.6) is 0 Å². The van der Waals surface area contributed by atoms with Crippen LogP contribution in [0.25, 0.3) is 5.69 Å². The van der Waals surface area contributed by atoms with E-state index in [1.807, 2.05) is 36.5 Å². The van der Waals surface area contributed by atoms with Crippen molar-refractivity contribution < 1.29 is 14.3 Å². The number of nitrogens with one attached hydrogen (secondary N) is 1. The van der Waals surface area contributed by atoms with E-state index in [1.165, 1.54) is 6.26 Å². The van der Waals surface area contributed by atoms with E-state index in [0.29, 0.717) is 5.76 Å². The summed E-state index contributed by atoms with van der Waals surface area (Å²) < 4.78 is 6.84. The molecule has 2 heterocycles. The van der Waals surface area contributed by atoms with E-state index in [0.717, 1.165) is 11.3 Å². The maximum Gasteiger partial charge on any atom is 0.224 e. The summed E-state index contributed by atoms with van der Waals surface area (Å²) in [7, 11) is 0. The molecule has 0 fully saturated rings. The lowest BCUT2D eigenvalue weighted by Crippen LogP contribution is -2.29. The topological polar surface area (TPSA) is 80.3 Å². The van der Waals surface area contributed by atoms with Crippen molar-refractivity contribution in [1.82, 2.24) is 15.1 Å². The number of benzene rings is 1. The summed E-state index contributed by atoms with van der Waals surface area (Å²) in [4.78, 5) is 11.9. The minimum Gasteiger partial charge on any atom is -0.467 e. The van der Waals surface area contributed by atoms with Crippen molar-refractivity contribution in [2.24, 2.45) is 0 Å². The van der Waals surface area contributed by atoms with E-state index in [2.05, 4.69) is 10.4 Å². The number of carbonyl (C=O) groups is 1. The van der Waals surface area contributed by atoms with Crippen LogP contribution < -0.4 is 5.32 Å². The highest BCUT2D eigenvalue weighted by atomic mass is 16.4. The van der Waals surface area contributed by atoms with E-state index < -0.39 is 6.10 Å². The number of nitrogens with zero attached hydrogens (tertiary/aromatic N) is 2. The van der Waals surface area contributed by atoms with Gasteiger partial charge in [-0.25, -0.2) is 4.68 Å². The molecule has 0 saturated carbocycles. The third-order valence-electron chi connectivity index (χ3n) is 3.43. The van der Waals surface area contributed by atoms with Gasteiger partial charge >= 0.3 is 0 Å². The van der Waals surface area contributed by atoms with E-state index in [4.69, 9.17) is 4.42 Å². The second kappa shape index (κ2) is 6.93. The lowest BCUT2D eigenvalue weighted by atomic mass is 10.1. The van der Waals surface area contributed by atoms with Gasteiger partial charge in [0.25, 0.3) is 0 Å². The number of rotatable bonds is 6. The Bertz CT molecular complexity index is 734. The molecule has 0 bridgehead atoms. The van der Waals surface area contributed by atoms with E-state index in [1.54, 1.807) is 23.0 Å². The van der Waals surface area contributed by atoms with Gasteiger partial charge in [0.1, 0.15) is 11.9 Å². The van der Waals surface area contributed by atoms with Gasteiger partial charge in [0.2, 0.25) is 5.91 Å². The highest BCUT2D eigenvalue weighted by Gasteiger charge is 2.12. The average molecular weight is 311 g/mol. The predicted octanol–water partition coefficient (Wildman–Crippen LogP) is 1.86. The molecule has 0 aliphatic carbocycles. The van der Waals surface area contributed by atoms with Crippen LogP contribution in [0.2, 0.25) is 0 Å². The molecule has 3 rings (SSSR count). The minimum absolute atomic E-state index is 0.123. The zero-order valence-electron chi connectivity index (χ0n) is 12.4. The first-order chi connectivity index (χ1) is 11.2. The SMILES string of the molecule is O=C(Cc1ccc(-n2cccn2)cc1)NCC(O)c1ccco1. The molecule has 0 saturated heterocycles. The molecule has 0 spiro atoms. The molecule has 0 aliphatic heterocycles. The minimum atomic E-state index is -0.837. The summed E-state index contributed by atoms with van der Waals surface area (Å²) in [5.74, 6) is 0.288. The van der Waals surface area contributed by atoms with Crippen molar-refractivity contribution >= 4 is 5.91 Å². The Balaban J connectivity index is 1.51. The number of carbonyl (C=O) groups excluding carboxylic acids is 1. The van der Waals surface area contributed by atoms with Crippen LogP contribution in [-0.2, 0) is 11.2 Å². The second-order valence-electron chi connectivity index (χ2n) is 5.13. The second-order valence-corrected chi connectivity index (χ2v) is 5.13. The molecule has 6 heteroatoms. The van der Waals surface area contributed by atoms with Gasteiger partial charge in [0.05, 0.1) is 24.9 Å². The summed E-state index contributed by atoms with van der Waals surface area (Å²) >= 11 is 0. The number of aliphatic hydroxyl groups excluding tert-OH is 1. The predicted molar refractivity (Wildman–Crippen MR) is 83.9 cm³/mol. The van der Waals surface area contributed by atoms with E-state index in [-0.39, 0.29) is 18.9 Å². The van der Waals surface area contributed by atoms with Crippen LogP contribution in [0, 0.1) is 0 Å². The quantitative estimate of drug-likeness (QED) is 0.728. The molecule has 3 aromatic rings. The number of hydrogen-bond acceptors (Lipinski definition) is 4. The Kier molecular flexibility index (Phi) is 4.54. The molecule has 118 valence electrons. The molecule has 6 nitrogen and oxygen atoms in total. The van der Waals surface area contributed by atoms with Gasteiger partial charge in [-0.05, 0) is 35.9 Å². The fourth-order valence-electron chi connectivity index (χ4n) is 2.23. The van der Waals surface area contributed by atoms with Crippen LogP contribution in [0.15, 0.2) is 65.5 Å². The molecule has 1 amide bonds. The van der Waals surface area contributed by atoms with Gasteiger partial charge in [-0.3, -0.25) is 4.79 Å². The van der Waals surface area contributed by atoms with Gasteiger partial charge in [-0.15, -0.1) is 0 Å². The van der Waals surface area contributed by atoms with Gasteiger partial charge in [-0.2, -0.15) is 5.10 Å². The Morgan fingerprint density at radius 3 is 2.74 bits per heavy atom. The fraction of sp³-hybridized carbons (Fsp3) is 0.176. The largest absolute Gasteiger partial charge is 0.467 e. The van der Waals surface area contributed by atoms with Crippen molar-refractivity contribution in [1.29, 1.82) is 0 Å². The number of aliphatic hydroxyl groups is 1. The lowest BCUT2D eigenvalue weighted by Gasteiger charge is -2.10. The molecule has 0 aliphatic rings. The van der Waals surface area contributed by atoms with Gasteiger partial charge in [0, 0.05) is 12.4 Å². The Morgan fingerprint density at radius 1 is 1.26 bits per heavy atom. The fourth-order valence-corrected chi connectivity index (χ4v) is 2.23. The molecule has 1 unspecified atom stereocenters. The van der Waals surface area contributed by atoms with Crippen molar-refractivity contribution in [3.05, 3.63) is 72.4 Å². The summed E-state index contributed by atoms with van der Waals surface area (Å²) in [6.07, 6.45) is 4.48. The van der Waals surface area contributed by atoms with Gasteiger partial charge in [-0.1, -0.05) is 12.1 Å². The maximum absolute atomic E-state index is 11.9. The third-order valence-corrected chi connectivity index (χ3v) is 3.43. The molecule has 1 aromatic carbocycles. The van der Waals surface area contributed by atoms with E-state index >= 15 is 0 Å². The van der Waals surface area contributed by atoms with Crippen molar-refractivity contribution in [2.45, 2.75) is 12.5 Å². The highest BCUT2D eigenvalue weighted by molar-refractivity contribution is 5.78. The summed E-state index contributed by atoms with van der Waals surface area (Å²) in [6, 6.07) is 12.8. The molecule has 23 heavy (non-hydrogen) atoms. The van der Waals surface area contributed by atoms with Crippen LogP contribution in [0.4, 0.5) is 0 Å². The number of amides is 1. The molecular formula is C17H17N3O3. The van der Waals surface area contributed by atoms with Crippen LogP contribution in [-0.4, -0.2) is 27.3 Å². The van der Waals surface area contributed by atoms with E-state index in [9.17, 15) is 9.90 Å². The zero-order valence-corrected chi connectivity index (χ0v) is 12.4. The van der Waals surface area contributed by atoms with Crippen LogP contribution in [0.1, 0.15) is 17.4 Å². The molecule has 2 N–H and O–H groups in total. The monoisotopic (exact) mass is 311 g/mol. The average Bonchev–Trinajstić information content (AvgIpc) is 3.26. The molecule has 2 aromatic heterocycles. The standard InChI is InChI=1S/C17H17N3O3/c21-15(16-3-1-10-23-16)12-18-17(22)11-13-4-6-14(7-5-13)20-9-2-8-19-20/h1-10,15,21H,11-12H2,(H,18,22). The number of hydrogen-bond donors (Lipinski definition) is 2. The number of aromatic nitrogens is 2. The molecule has 0 radical (unpaired) electrons. The highest BCUT2D eigenvalue weighted by Crippen LogP contribution is 2.12. The van der Waals surface area contributed by atoms with Gasteiger partial charge < -0.3 is 14.8 Å². The first kappa shape index (κ1) is 15.1. The Labute approximate surface area is 133 Å². The third kappa shape index (κ3) is 3.87. The van der Waals surface area contributed by atoms with Gasteiger partial charge in [0.15, 0.2) is 0 Å². The number of furan rings is 1. The van der Waals surface area contributed by atoms with Crippen molar-refractivity contribution in [2.75, 3.05) is 6.54 Å². The maximum atomic E-state index is 11.9. The van der Waals surface area contributed by atoms with Crippen LogP contribution >= 0.6 is 0 Å². The van der Waals surface area contributed by atoms with Crippen LogP contribution in [0.3, 0.4) is 0 Å². The van der Waals surface area contributed by atoms with Crippen molar-refractivity contribution in [3.8, 4) is 5.69 Å². The first-order valence-corrected chi connectivity index (χ1v) is 7.29. The lowest BCUT2D eigenvalue weighted by molar-refractivity contribution is -0.120. The normalized spacial score (nSPS) is 12.0. The van der Waals surface area contributed by atoms with Crippen molar-refractivity contribution in [3.63, 3.8) is 0 Å². The Morgan fingerprint density at radius 2 is 2.09 bits per heavy atom. The summed E-state index contributed by atoms with van der Waals surface area (Å²) in [5, 5.41) is 16.7. The smallest absolute Gasteiger partial charge is 0.224 e. The molecule has 1 atom stereocenters. The Hall–Kier alpha value is -2.86. The molecular weight excluding hydrogens is 294 g/mol. The summed E-state index contributed by atoms with van der Waals surface area (Å²) in [5.41, 5.74) is 1.83. The zero-order chi connectivity index (χ0) is 16.1. The first-order valence-electron chi connectivity index (χ1n) is 7.29. The summed E-state index contributed by atoms with van der Waals surface area (Å²) in [6.45, 7) is 0.123.